The molecule has 7 rings (SSSR count). The molecule has 4 N–H and O–H groups in total. The molecule has 16 nitrogen and oxygen atoms in total. The van der Waals surface area contributed by atoms with Crippen LogP contribution < -0.4 is 10.9 Å². The van der Waals surface area contributed by atoms with Gasteiger partial charge < -0.3 is 39.5 Å². The summed E-state index contributed by atoms with van der Waals surface area (Å²) in [5.74, 6) is 0.0373. The summed E-state index contributed by atoms with van der Waals surface area (Å²) in [5, 5.41) is 2.68. The number of likely N-dealkylation sites (tertiary alicyclic amines) is 2. The standard InChI is InChI=1S/C43H51N9O7/c1-23(2)28(20-35(53)58-5)41(55)51-17-7-9-33(51)38-45-22-32(48-38)27-15-16-29-30(19-27)49-40(54)37(46-29)26-13-11-25(12-14-26)31-21-44-39(47-31)34-10-8-18-52(34)42(56)36(24(3)4)50-43(57)59-6/h11-16,19,21-24,28,33-34,36H,7-10,17-18,20H2,1-6H3,(H,44,47)(H,45,48)(H,49,54)(H,50,57)/t28-,33-,34-,36-/m0/s1. The predicted octanol–water partition coefficient (Wildman–Crippen LogP) is 5.91. The largest absolute Gasteiger partial charge is 0.469 e. The van der Waals surface area contributed by atoms with Gasteiger partial charge >= 0.3 is 12.1 Å². The van der Waals surface area contributed by atoms with Gasteiger partial charge in [0.05, 0.1) is 73.5 Å². The molecule has 0 spiro atoms. The van der Waals surface area contributed by atoms with Crippen LogP contribution in [0.2, 0.25) is 0 Å². The van der Waals surface area contributed by atoms with Crippen molar-refractivity contribution in [3.05, 3.63) is 76.9 Å². The molecule has 2 fully saturated rings. The first-order valence-electron chi connectivity index (χ1n) is 20.1. The van der Waals surface area contributed by atoms with Gasteiger partial charge in [-0.05, 0) is 55.2 Å². The first-order valence-corrected chi connectivity index (χ1v) is 20.1. The second-order valence-electron chi connectivity index (χ2n) is 16.0. The summed E-state index contributed by atoms with van der Waals surface area (Å²) in [6.07, 6.45) is 5.98. The number of esters is 1. The Balaban J connectivity index is 1.05. The van der Waals surface area contributed by atoms with Gasteiger partial charge in [0.1, 0.15) is 23.4 Å². The minimum Gasteiger partial charge on any atom is -0.469 e. The summed E-state index contributed by atoms with van der Waals surface area (Å²) in [6, 6.07) is 11.9. The maximum Gasteiger partial charge on any atom is 0.407 e. The van der Waals surface area contributed by atoms with E-state index >= 15 is 0 Å². The Morgan fingerprint density at radius 1 is 0.763 bits per heavy atom. The van der Waals surface area contributed by atoms with Crippen LogP contribution in [0.5, 0.6) is 0 Å². The number of hydrogen-bond donors (Lipinski definition) is 4. The van der Waals surface area contributed by atoms with Gasteiger partial charge in [0.15, 0.2) is 0 Å². The first-order chi connectivity index (χ1) is 28.4. The Kier molecular flexibility index (Phi) is 12.0. The molecular weight excluding hydrogens is 755 g/mol. The van der Waals surface area contributed by atoms with E-state index in [4.69, 9.17) is 14.5 Å². The fraction of sp³-hybridized carbons (Fsp3) is 0.442. The highest BCUT2D eigenvalue weighted by atomic mass is 16.5. The minimum absolute atomic E-state index is 0.0303. The third kappa shape index (κ3) is 8.47. The number of amides is 3. The number of ether oxygens (including phenoxy) is 2. The van der Waals surface area contributed by atoms with Crippen LogP contribution >= 0.6 is 0 Å². The molecule has 2 aromatic carbocycles. The summed E-state index contributed by atoms with van der Waals surface area (Å²) in [4.78, 5) is 92.0. The molecule has 3 amide bonds. The van der Waals surface area contributed by atoms with Crippen LogP contribution in [0.4, 0.5) is 4.79 Å². The third-order valence-corrected chi connectivity index (χ3v) is 11.5. The summed E-state index contributed by atoms with van der Waals surface area (Å²) in [6.45, 7) is 8.78. The Morgan fingerprint density at radius 3 is 1.92 bits per heavy atom. The molecule has 0 aliphatic carbocycles. The van der Waals surface area contributed by atoms with Gasteiger partial charge in [0, 0.05) is 24.2 Å². The van der Waals surface area contributed by atoms with Gasteiger partial charge in [-0.15, -0.1) is 0 Å². The molecule has 3 aromatic heterocycles. The van der Waals surface area contributed by atoms with Crippen LogP contribution in [0, 0.1) is 17.8 Å². The molecule has 2 saturated heterocycles. The minimum atomic E-state index is -0.721. The number of carbonyl (C=O) groups excluding carboxylic acids is 4. The summed E-state index contributed by atoms with van der Waals surface area (Å²) < 4.78 is 9.60. The van der Waals surface area contributed by atoms with Crippen molar-refractivity contribution in [2.24, 2.45) is 17.8 Å². The Hall–Kier alpha value is -6.32. The molecule has 16 heteroatoms. The van der Waals surface area contributed by atoms with Crippen LogP contribution in [-0.2, 0) is 23.9 Å². The zero-order chi connectivity index (χ0) is 42.0. The van der Waals surface area contributed by atoms with Gasteiger partial charge in [-0.1, -0.05) is 58.0 Å². The fourth-order valence-corrected chi connectivity index (χ4v) is 8.15. The van der Waals surface area contributed by atoms with E-state index in [0.29, 0.717) is 41.3 Å². The number of methoxy groups -OCH3 is 2. The highest BCUT2D eigenvalue weighted by Gasteiger charge is 2.39. The number of aromatic amines is 3. The summed E-state index contributed by atoms with van der Waals surface area (Å²) in [5.41, 5.74) is 4.92. The van der Waals surface area contributed by atoms with Gasteiger partial charge in [0.25, 0.3) is 5.56 Å². The number of nitrogens with one attached hydrogen (secondary N) is 4. The number of nitrogens with zero attached hydrogens (tertiary/aromatic N) is 5. The van der Waals surface area contributed by atoms with Crippen LogP contribution in [-0.4, -0.2) is 96.9 Å². The number of hydrogen-bond acceptors (Lipinski definition) is 10. The van der Waals surface area contributed by atoms with E-state index in [1.165, 1.54) is 14.2 Å². The van der Waals surface area contributed by atoms with Crippen LogP contribution in [0.1, 0.15) is 83.5 Å². The number of fused-ring (bicyclic) bond motifs is 1. The maximum atomic E-state index is 13.6. The van der Waals surface area contributed by atoms with E-state index in [9.17, 15) is 24.0 Å². The Bertz CT molecular complexity index is 2400. The molecule has 2 aliphatic heterocycles. The first kappa shape index (κ1) is 40.9. The molecule has 310 valence electrons. The quantitative estimate of drug-likeness (QED) is 0.110. The van der Waals surface area contributed by atoms with E-state index in [-0.39, 0.29) is 53.4 Å². The van der Waals surface area contributed by atoms with Crippen molar-refractivity contribution in [2.75, 3.05) is 27.3 Å². The van der Waals surface area contributed by atoms with Gasteiger partial charge in [-0.25, -0.2) is 19.7 Å². The second kappa shape index (κ2) is 17.3. The Morgan fingerprint density at radius 2 is 1.34 bits per heavy atom. The van der Waals surface area contributed by atoms with Crippen LogP contribution in [0.25, 0.3) is 44.8 Å². The smallest absolute Gasteiger partial charge is 0.407 e. The zero-order valence-corrected chi connectivity index (χ0v) is 34.2. The van der Waals surface area contributed by atoms with Crippen molar-refractivity contribution in [1.82, 2.24) is 45.0 Å². The monoisotopic (exact) mass is 805 g/mol. The molecular formula is C43H51N9O7. The number of carbonyl (C=O) groups is 4. The number of alkyl carbamates (subject to hydrolysis) is 1. The summed E-state index contributed by atoms with van der Waals surface area (Å²) in [7, 11) is 2.61. The molecule has 0 unspecified atom stereocenters. The lowest BCUT2D eigenvalue weighted by atomic mass is 9.91. The zero-order valence-electron chi connectivity index (χ0n) is 34.2. The Labute approximate surface area is 341 Å². The molecule has 0 saturated carbocycles. The van der Waals surface area contributed by atoms with Gasteiger partial charge in [-0.2, -0.15) is 0 Å². The van der Waals surface area contributed by atoms with Crippen molar-refractivity contribution in [1.29, 1.82) is 0 Å². The molecule has 5 aromatic rings. The lowest BCUT2D eigenvalue weighted by Gasteiger charge is -2.30. The van der Waals surface area contributed by atoms with Crippen molar-refractivity contribution >= 4 is 34.9 Å². The number of aromatic nitrogens is 6. The highest BCUT2D eigenvalue weighted by Crippen LogP contribution is 2.36. The number of H-pyrrole nitrogens is 3. The lowest BCUT2D eigenvalue weighted by Crippen LogP contribution is -2.51. The molecule has 0 bridgehead atoms. The average Bonchev–Trinajstić information content (AvgIpc) is 4.07. The maximum absolute atomic E-state index is 13.6. The lowest BCUT2D eigenvalue weighted by molar-refractivity contribution is -0.148. The molecule has 59 heavy (non-hydrogen) atoms. The van der Waals surface area contributed by atoms with Gasteiger partial charge in [0.2, 0.25) is 11.8 Å². The third-order valence-electron chi connectivity index (χ3n) is 11.5. The van der Waals surface area contributed by atoms with E-state index < -0.39 is 24.0 Å². The van der Waals surface area contributed by atoms with Crippen molar-refractivity contribution in [3.8, 4) is 33.8 Å². The highest BCUT2D eigenvalue weighted by molar-refractivity contribution is 5.87. The molecule has 0 radical (unpaired) electrons. The molecule has 5 heterocycles. The van der Waals surface area contributed by atoms with E-state index in [1.54, 1.807) is 17.3 Å². The van der Waals surface area contributed by atoms with Crippen molar-refractivity contribution in [3.63, 3.8) is 0 Å². The van der Waals surface area contributed by atoms with Crippen molar-refractivity contribution in [2.45, 2.75) is 77.9 Å². The number of rotatable bonds is 12. The molecule has 4 atom stereocenters. The van der Waals surface area contributed by atoms with Gasteiger partial charge in [-0.3, -0.25) is 19.2 Å². The molecule has 2 aliphatic rings. The topological polar surface area (TPSA) is 208 Å². The summed E-state index contributed by atoms with van der Waals surface area (Å²) >= 11 is 0. The SMILES string of the molecule is COC(=O)C[C@H](C(=O)N1CCC[C@H]1c1ncc(-c2ccc3nc(-c4ccc(-c5cnc([C@@H]6CCCN6C(=O)[C@@H](NC(=O)OC)C(C)C)[nH]5)cc4)c(=O)[nH]c3c2)[nH]1)C(C)C. The van der Waals surface area contributed by atoms with Crippen molar-refractivity contribution < 1.29 is 28.7 Å². The van der Waals surface area contributed by atoms with Crippen LogP contribution in [0.15, 0.2) is 59.7 Å². The number of benzene rings is 2. The second-order valence-corrected chi connectivity index (χ2v) is 16.0. The van der Waals surface area contributed by atoms with E-state index in [1.807, 2.05) is 75.1 Å². The predicted molar refractivity (Wildman–Crippen MR) is 219 cm³/mol. The fourth-order valence-electron chi connectivity index (χ4n) is 8.15. The average molecular weight is 806 g/mol. The number of imidazole rings is 2. The normalized spacial score (nSPS) is 17.8. The van der Waals surface area contributed by atoms with E-state index in [2.05, 4.69) is 30.2 Å². The van der Waals surface area contributed by atoms with Crippen LogP contribution in [0.3, 0.4) is 0 Å². The van der Waals surface area contributed by atoms with E-state index in [0.717, 1.165) is 48.2 Å².